The van der Waals surface area contributed by atoms with E-state index in [0.29, 0.717) is 6.61 Å². The van der Waals surface area contributed by atoms with Crippen molar-refractivity contribution in [2.75, 3.05) is 18.4 Å². The summed E-state index contributed by atoms with van der Waals surface area (Å²) in [4.78, 5) is 14.8. The molecule has 0 spiro atoms. The maximum Gasteiger partial charge on any atom is 0.241 e. The molecule has 2 aromatic rings. The Kier molecular flexibility index (Phi) is 6.29. The number of rotatable bonds is 6. The smallest absolute Gasteiger partial charge is 0.241 e. The second-order valence-corrected chi connectivity index (χ2v) is 7.06. The fraction of sp³-hybridized carbons (Fsp3) is 0.409. The van der Waals surface area contributed by atoms with Crippen molar-refractivity contribution in [1.82, 2.24) is 4.90 Å². The maximum absolute atomic E-state index is 12.5. The standard InChI is InChI=1S/C22H28N2O2/c1-17-9-11-19(12-10-17)16-26-21-8-6-7-20(15-21)23-22(25)18(2)24-13-4-3-5-14-24/h6-12,15,18H,3-5,13-14,16H2,1-2H3,(H,23,25). The Morgan fingerprint density at radius 3 is 2.58 bits per heavy atom. The summed E-state index contributed by atoms with van der Waals surface area (Å²) in [6.45, 7) is 6.59. The predicted octanol–water partition coefficient (Wildman–Crippen LogP) is 4.39. The number of amides is 1. The summed E-state index contributed by atoms with van der Waals surface area (Å²) in [6.07, 6.45) is 3.63. The number of carbonyl (C=O) groups is 1. The molecule has 1 unspecified atom stereocenters. The van der Waals surface area contributed by atoms with Crippen LogP contribution in [0.4, 0.5) is 5.69 Å². The number of nitrogens with zero attached hydrogens (tertiary/aromatic N) is 1. The quantitative estimate of drug-likeness (QED) is 0.838. The van der Waals surface area contributed by atoms with Crippen LogP contribution in [0.15, 0.2) is 48.5 Å². The highest BCUT2D eigenvalue weighted by Crippen LogP contribution is 2.20. The summed E-state index contributed by atoms with van der Waals surface area (Å²) in [7, 11) is 0. The molecule has 0 bridgehead atoms. The van der Waals surface area contributed by atoms with Crippen molar-refractivity contribution < 1.29 is 9.53 Å². The molecule has 2 aromatic carbocycles. The Balaban J connectivity index is 1.56. The summed E-state index contributed by atoms with van der Waals surface area (Å²) >= 11 is 0. The highest BCUT2D eigenvalue weighted by atomic mass is 16.5. The van der Waals surface area contributed by atoms with Crippen molar-refractivity contribution in [2.24, 2.45) is 0 Å². The molecule has 26 heavy (non-hydrogen) atoms. The average Bonchev–Trinajstić information content (AvgIpc) is 2.68. The van der Waals surface area contributed by atoms with Gasteiger partial charge in [0.05, 0.1) is 6.04 Å². The van der Waals surface area contributed by atoms with E-state index in [1.807, 2.05) is 31.2 Å². The van der Waals surface area contributed by atoms with Gasteiger partial charge in [-0.2, -0.15) is 0 Å². The van der Waals surface area contributed by atoms with Crippen molar-refractivity contribution in [3.8, 4) is 5.75 Å². The predicted molar refractivity (Wildman–Crippen MR) is 105 cm³/mol. The van der Waals surface area contributed by atoms with Gasteiger partial charge in [-0.3, -0.25) is 9.69 Å². The molecule has 1 aliphatic rings. The lowest BCUT2D eigenvalue weighted by atomic mass is 10.1. The number of likely N-dealkylation sites (tertiary alicyclic amines) is 1. The first-order chi connectivity index (χ1) is 12.6. The Labute approximate surface area is 156 Å². The lowest BCUT2D eigenvalue weighted by molar-refractivity contribution is -0.121. The molecule has 1 N–H and O–H groups in total. The van der Waals surface area contributed by atoms with Crippen LogP contribution in [0.2, 0.25) is 0 Å². The summed E-state index contributed by atoms with van der Waals surface area (Å²) in [5, 5.41) is 3.02. The third-order valence-electron chi connectivity index (χ3n) is 4.95. The number of carbonyl (C=O) groups excluding carboxylic acids is 1. The molecule has 1 saturated heterocycles. The summed E-state index contributed by atoms with van der Waals surface area (Å²) in [5.41, 5.74) is 3.14. The van der Waals surface area contributed by atoms with Gasteiger partial charge >= 0.3 is 0 Å². The van der Waals surface area contributed by atoms with Crippen LogP contribution in [0.3, 0.4) is 0 Å². The molecule has 4 heteroatoms. The Bertz CT molecular complexity index is 721. The normalized spacial score (nSPS) is 16.1. The van der Waals surface area contributed by atoms with Crippen molar-refractivity contribution in [3.05, 3.63) is 59.7 Å². The van der Waals surface area contributed by atoms with Crippen molar-refractivity contribution in [1.29, 1.82) is 0 Å². The van der Waals surface area contributed by atoms with E-state index in [-0.39, 0.29) is 11.9 Å². The third-order valence-corrected chi connectivity index (χ3v) is 4.95. The van der Waals surface area contributed by atoms with Gasteiger partial charge < -0.3 is 10.1 Å². The average molecular weight is 352 g/mol. The zero-order valence-electron chi connectivity index (χ0n) is 15.7. The van der Waals surface area contributed by atoms with E-state index in [1.54, 1.807) is 0 Å². The molecule has 0 aliphatic carbocycles. The zero-order valence-corrected chi connectivity index (χ0v) is 15.7. The number of nitrogens with one attached hydrogen (secondary N) is 1. The van der Waals surface area contributed by atoms with Crippen molar-refractivity contribution in [3.63, 3.8) is 0 Å². The molecule has 0 aromatic heterocycles. The van der Waals surface area contributed by atoms with Crippen LogP contribution < -0.4 is 10.1 Å². The van der Waals surface area contributed by atoms with Gasteiger partial charge in [0.15, 0.2) is 0 Å². The zero-order chi connectivity index (χ0) is 18.4. The van der Waals surface area contributed by atoms with Crippen LogP contribution in [0.5, 0.6) is 5.75 Å². The van der Waals surface area contributed by atoms with E-state index in [4.69, 9.17) is 4.74 Å². The molecule has 1 amide bonds. The second-order valence-electron chi connectivity index (χ2n) is 7.06. The van der Waals surface area contributed by atoms with Gasteiger partial charge in [-0.05, 0) is 57.5 Å². The molecule has 1 aliphatic heterocycles. The van der Waals surface area contributed by atoms with Gasteiger partial charge in [-0.1, -0.05) is 42.3 Å². The SMILES string of the molecule is Cc1ccc(COc2cccc(NC(=O)C(C)N3CCCCC3)c2)cc1. The Hall–Kier alpha value is -2.33. The van der Waals surface area contributed by atoms with Gasteiger partial charge in [0.1, 0.15) is 12.4 Å². The number of anilines is 1. The summed E-state index contributed by atoms with van der Waals surface area (Å²) in [5.74, 6) is 0.802. The number of piperidine rings is 1. The Morgan fingerprint density at radius 1 is 1.12 bits per heavy atom. The van der Waals surface area contributed by atoms with Crippen LogP contribution in [-0.4, -0.2) is 29.9 Å². The molecule has 0 radical (unpaired) electrons. The summed E-state index contributed by atoms with van der Waals surface area (Å²) < 4.78 is 5.87. The van der Waals surface area contributed by atoms with E-state index < -0.39 is 0 Å². The number of benzene rings is 2. The largest absolute Gasteiger partial charge is 0.489 e. The van der Waals surface area contributed by atoms with E-state index in [2.05, 4.69) is 41.4 Å². The lowest BCUT2D eigenvalue weighted by Crippen LogP contribution is -2.44. The molecular formula is C22H28N2O2. The van der Waals surface area contributed by atoms with Crippen LogP contribution in [0, 0.1) is 6.92 Å². The minimum atomic E-state index is -0.104. The fourth-order valence-electron chi connectivity index (χ4n) is 3.23. The minimum absolute atomic E-state index is 0.0441. The monoisotopic (exact) mass is 352 g/mol. The van der Waals surface area contributed by atoms with E-state index in [0.717, 1.165) is 30.1 Å². The highest BCUT2D eigenvalue weighted by Gasteiger charge is 2.22. The number of hydrogen-bond acceptors (Lipinski definition) is 3. The first kappa shape index (κ1) is 18.5. The van der Waals surface area contributed by atoms with Gasteiger partial charge in [0.25, 0.3) is 0 Å². The maximum atomic E-state index is 12.5. The van der Waals surface area contributed by atoms with Crippen LogP contribution in [-0.2, 0) is 11.4 Å². The molecule has 3 rings (SSSR count). The van der Waals surface area contributed by atoms with Crippen molar-refractivity contribution in [2.45, 2.75) is 45.8 Å². The first-order valence-corrected chi connectivity index (χ1v) is 9.45. The lowest BCUT2D eigenvalue weighted by Gasteiger charge is -2.31. The van der Waals surface area contributed by atoms with E-state index in [1.165, 1.54) is 24.8 Å². The van der Waals surface area contributed by atoms with Gasteiger partial charge in [-0.15, -0.1) is 0 Å². The molecule has 4 nitrogen and oxygen atoms in total. The van der Waals surface area contributed by atoms with E-state index in [9.17, 15) is 4.79 Å². The molecule has 0 saturated carbocycles. The van der Waals surface area contributed by atoms with Crippen LogP contribution >= 0.6 is 0 Å². The fourth-order valence-corrected chi connectivity index (χ4v) is 3.23. The summed E-state index contributed by atoms with van der Waals surface area (Å²) in [6, 6.07) is 15.8. The van der Waals surface area contributed by atoms with Crippen LogP contribution in [0.25, 0.3) is 0 Å². The third kappa shape index (κ3) is 5.09. The molecule has 1 fully saturated rings. The molecule has 138 valence electrons. The molecular weight excluding hydrogens is 324 g/mol. The second kappa shape index (κ2) is 8.86. The molecule has 1 heterocycles. The number of ether oxygens (including phenoxy) is 1. The van der Waals surface area contributed by atoms with Crippen LogP contribution in [0.1, 0.15) is 37.3 Å². The van der Waals surface area contributed by atoms with Gasteiger partial charge in [-0.25, -0.2) is 0 Å². The number of hydrogen-bond donors (Lipinski definition) is 1. The Morgan fingerprint density at radius 2 is 1.85 bits per heavy atom. The minimum Gasteiger partial charge on any atom is -0.489 e. The van der Waals surface area contributed by atoms with Gasteiger partial charge in [0, 0.05) is 11.8 Å². The van der Waals surface area contributed by atoms with Gasteiger partial charge in [0.2, 0.25) is 5.91 Å². The first-order valence-electron chi connectivity index (χ1n) is 9.45. The number of aryl methyl sites for hydroxylation is 1. The topological polar surface area (TPSA) is 41.6 Å². The highest BCUT2D eigenvalue weighted by molar-refractivity contribution is 5.94. The van der Waals surface area contributed by atoms with Crippen molar-refractivity contribution >= 4 is 11.6 Å². The molecule has 1 atom stereocenters. The van der Waals surface area contributed by atoms with E-state index >= 15 is 0 Å².